The zero-order valence-electron chi connectivity index (χ0n) is 13.8. The fraction of sp³-hybridized carbons (Fsp3) is 0.0556. The number of fused-ring (bicyclic) bond motifs is 2. The molecule has 28 heavy (non-hydrogen) atoms. The van der Waals surface area contributed by atoms with Gasteiger partial charge in [-0.25, -0.2) is 22.2 Å². The SMILES string of the molecule is C=Cc1c(F)c(F)c(Cn2nnc3c2C(=O)c2cnccc2C3=O)c(F)c1F. The van der Waals surface area contributed by atoms with E-state index in [0.29, 0.717) is 6.08 Å². The van der Waals surface area contributed by atoms with Crippen LogP contribution in [0.5, 0.6) is 0 Å². The minimum Gasteiger partial charge on any atom is -0.287 e. The first kappa shape index (κ1) is 17.7. The Bertz CT molecular complexity index is 1170. The molecule has 1 aliphatic carbocycles. The summed E-state index contributed by atoms with van der Waals surface area (Å²) in [5, 5.41) is 7.16. The molecule has 0 unspecified atom stereocenters. The highest BCUT2D eigenvalue weighted by atomic mass is 19.2. The van der Waals surface area contributed by atoms with E-state index in [1.165, 1.54) is 12.3 Å². The van der Waals surface area contributed by atoms with Gasteiger partial charge in [0.25, 0.3) is 0 Å². The van der Waals surface area contributed by atoms with Crippen LogP contribution < -0.4 is 0 Å². The van der Waals surface area contributed by atoms with Crippen LogP contribution in [0.15, 0.2) is 25.0 Å². The predicted octanol–water partition coefficient (Wildman–Crippen LogP) is 2.70. The number of carbonyl (C=O) groups is 2. The van der Waals surface area contributed by atoms with Crippen molar-refractivity contribution in [2.24, 2.45) is 0 Å². The van der Waals surface area contributed by atoms with Gasteiger partial charge in [0, 0.05) is 18.0 Å². The third kappa shape index (κ3) is 2.30. The Hall–Kier alpha value is -3.69. The fourth-order valence-corrected chi connectivity index (χ4v) is 2.99. The standard InChI is InChI=1S/C18H8F4N4O2/c1-2-7-11(19)13(21)10(14(22)12(7)20)6-26-16-15(24-25-26)17(27)8-3-4-23-5-9(8)18(16)28/h2-5H,1,6H2. The zero-order valence-corrected chi connectivity index (χ0v) is 13.8. The van der Waals surface area contributed by atoms with Crippen molar-refractivity contribution in [1.82, 2.24) is 20.0 Å². The first-order chi connectivity index (χ1) is 13.4. The summed E-state index contributed by atoms with van der Waals surface area (Å²) in [7, 11) is 0. The maximum absolute atomic E-state index is 14.3. The van der Waals surface area contributed by atoms with E-state index in [9.17, 15) is 27.2 Å². The summed E-state index contributed by atoms with van der Waals surface area (Å²) >= 11 is 0. The van der Waals surface area contributed by atoms with Gasteiger partial charge in [0.15, 0.2) is 29.0 Å². The van der Waals surface area contributed by atoms with E-state index in [0.717, 1.165) is 10.9 Å². The predicted molar refractivity (Wildman–Crippen MR) is 86.6 cm³/mol. The van der Waals surface area contributed by atoms with E-state index in [2.05, 4.69) is 21.9 Å². The second kappa shape index (κ2) is 6.19. The molecule has 0 aliphatic heterocycles. The molecular formula is C18H8F4N4O2. The van der Waals surface area contributed by atoms with Crippen molar-refractivity contribution in [1.29, 1.82) is 0 Å². The highest BCUT2D eigenvalue weighted by Gasteiger charge is 2.36. The van der Waals surface area contributed by atoms with Crippen LogP contribution in [0.3, 0.4) is 0 Å². The molecule has 0 radical (unpaired) electrons. The normalized spacial score (nSPS) is 12.7. The van der Waals surface area contributed by atoms with E-state index < -0.39 is 52.5 Å². The molecule has 0 N–H and O–H groups in total. The molecule has 0 bridgehead atoms. The molecule has 0 atom stereocenters. The van der Waals surface area contributed by atoms with Crippen LogP contribution in [0, 0.1) is 23.3 Å². The van der Waals surface area contributed by atoms with Crippen LogP contribution in [0.1, 0.15) is 43.2 Å². The number of nitrogens with zero attached hydrogens (tertiary/aromatic N) is 4. The maximum Gasteiger partial charge on any atom is 0.216 e. The molecule has 0 saturated carbocycles. The number of hydrogen-bond donors (Lipinski definition) is 0. The van der Waals surface area contributed by atoms with Gasteiger partial charge in [0.1, 0.15) is 5.69 Å². The summed E-state index contributed by atoms with van der Waals surface area (Å²) in [5.41, 5.74) is -2.62. The number of benzene rings is 1. The van der Waals surface area contributed by atoms with Gasteiger partial charge in [-0.1, -0.05) is 17.9 Å². The molecule has 2 heterocycles. The molecule has 10 heteroatoms. The molecule has 0 saturated heterocycles. The number of aromatic nitrogens is 4. The van der Waals surface area contributed by atoms with Crippen LogP contribution in [-0.4, -0.2) is 31.5 Å². The second-order valence-electron chi connectivity index (χ2n) is 5.88. The lowest BCUT2D eigenvalue weighted by atomic mass is 9.91. The third-order valence-electron chi connectivity index (χ3n) is 4.38. The van der Waals surface area contributed by atoms with Crippen molar-refractivity contribution in [2.75, 3.05) is 0 Å². The highest BCUT2D eigenvalue weighted by molar-refractivity contribution is 6.26. The molecule has 1 aromatic carbocycles. The van der Waals surface area contributed by atoms with Gasteiger partial charge in [0.2, 0.25) is 11.6 Å². The largest absolute Gasteiger partial charge is 0.287 e. The second-order valence-corrected chi connectivity index (χ2v) is 5.88. The fourth-order valence-electron chi connectivity index (χ4n) is 2.99. The van der Waals surface area contributed by atoms with E-state index in [-0.39, 0.29) is 22.5 Å². The Kier molecular flexibility index (Phi) is 3.91. The van der Waals surface area contributed by atoms with E-state index in [1.54, 1.807) is 0 Å². The molecule has 0 fully saturated rings. The van der Waals surface area contributed by atoms with E-state index in [1.807, 2.05) is 0 Å². The molecular weight excluding hydrogens is 380 g/mol. The first-order valence-corrected chi connectivity index (χ1v) is 7.81. The smallest absolute Gasteiger partial charge is 0.216 e. The first-order valence-electron chi connectivity index (χ1n) is 7.81. The van der Waals surface area contributed by atoms with Gasteiger partial charge in [-0.15, -0.1) is 5.10 Å². The summed E-state index contributed by atoms with van der Waals surface area (Å²) in [5.74, 6) is -7.90. The Morgan fingerprint density at radius 3 is 2.32 bits per heavy atom. The number of ketones is 2. The van der Waals surface area contributed by atoms with Gasteiger partial charge in [-0.2, -0.15) is 0 Å². The quantitative estimate of drug-likeness (QED) is 0.398. The molecule has 2 aromatic heterocycles. The molecule has 3 aromatic rings. The van der Waals surface area contributed by atoms with Crippen molar-refractivity contribution >= 4 is 17.6 Å². The average Bonchev–Trinajstić information content (AvgIpc) is 3.12. The minimum absolute atomic E-state index is 0.0381. The van der Waals surface area contributed by atoms with Gasteiger partial charge in [-0.3, -0.25) is 14.6 Å². The van der Waals surface area contributed by atoms with Crippen LogP contribution in [-0.2, 0) is 6.54 Å². The average molecular weight is 388 g/mol. The van der Waals surface area contributed by atoms with Crippen molar-refractivity contribution in [3.63, 3.8) is 0 Å². The van der Waals surface area contributed by atoms with Crippen LogP contribution >= 0.6 is 0 Å². The van der Waals surface area contributed by atoms with E-state index >= 15 is 0 Å². The van der Waals surface area contributed by atoms with Crippen LogP contribution in [0.2, 0.25) is 0 Å². The lowest BCUT2D eigenvalue weighted by molar-refractivity contribution is 0.0970. The molecule has 1 aliphatic rings. The Labute approximate surface area is 154 Å². The van der Waals surface area contributed by atoms with Gasteiger partial charge in [-0.05, 0) is 6.07 Å². The number of pyridine rings is 1. The van der Waals surface area contributed by atoms with Crippen molar-refractivity contribution < 1.29 is 27.2 Å². The summed E-state index contributed by atoms with van der Waals surface area (Å²) in [6, 6.07) is 1.33. The number of halogens is 4. The van der Waals surface area contributed by atoms with Crippen molar-refractivity contribution in [2.45, 2.75) is 6.54 Å². The van der Waals surface area contributed by atoms with Crippen LogP contribution in [0.25, 0.3) is 6.08 Å². The molecule has 140 valence electrons. The molecule has 4 rings (SSSR count). The highest BCUT2D eigenvalue weighted by Crippen LogP contribution is 2.28. The Morgan fingerprint density at radius 2 is 1.68 bits per heavy atom. The minimum atomic E-state index is -1.66. The third-order valence-corrected chi connectivity index (χ3v) is 4.38. The Morgan fingerprint density at radius 1 is 1.00 bits per heavy atom. The maximum atomic E-state index is 14.3. The van der Waals surface area contributed by atoms with Gasteiger partial charge >= 0.3 is 0 Å². The van der Waals surface area contributed by atoms with E-state index in [4.69, 9.17) is 0 Å². The number of rotatable bonds is 3. The van der Waals surface area contributed by atoms with Gasteiger partial charge < -0.3 is 0 Å². The summed E-state index contributed by atoms with van der Waals surface area (Å²) < 4.78 is 57.2. The monoisotopic (exact) mass is 388 g/mol. The lowest BCUT2D eigenvalue weighted by Gasteiger charge is -2.15. The number of hydrogen-bond acceptors (Lipinski definition) is 5. The van der Waals surface area contributed by atoms with Crippen molar-refractivity contribution in [3.8, 4) is 0 Å². The van der Waals surface area contributed by atoms with Crippen molar-refractivity contribution in [3.05, 3.63) is 81.9 Å². The molecule has 0 amide bonds. The summed E-state index contributed by atoms with van der Waals surface area (Å²) in [6.45, 7) is 2.25. The van der Waals surface area contributed by atoms with Gasteiger partial charge in [0.05, 0.1) is 23.2 Å². The summed E-state index contributed by atoms with van der Waals surface area (Å²) in [4.78, 5) is 28.9. The summed E-state index contributed by atoms with van der Waals surface area (Å²) in [6.07, 6.45) is 3.12. The molecule has 6 nitrogen and oxygen atoms in total. The van der Waals surface area contributed by atoms with Crippen LogP contribution in [0.4, 0.5) is 17.6 Å². The zero-order chi connectivity index (χ0) is 20.2. The lowest BCUT2D eigenvalue weighted by Crippen LogP contribution is -2.24. The Balaban J connectivity index is 1.85. The number of carbonyl (C=O) groups excluding carboxylic acids is 2. The topological polar surface area (TPSA) is 77.7 Å². The molecule has 0 spiro atoms.